The minimum Gasteiger partial charge on any atom is -0.460 e. The molecule has 0 aliphatic carbocycles. The van der Waals surface area contributed by atoms with Crippen molar-refractivity contribution >= 4 is 5.97 Å². The Hall–Kier alpha value is -0.690. The van der Waals surface area contributed by atoms with Gasteiger partial charge < -0.3 is 19.4 Å². The van der Waals surface area contributed by atoms with Crippen molar-refractivity contribution in [3.8, 4) is 0 Å². The lowest BCUT2D eigenvalue weighted by Gasteiger charge is -2.19. The molecule has 6 heteroatoms. The maximum Gasteiger partial charge on any atom is 0.306 e. The standard InChI is InChI=1S/C14H29NO5/c1-14(2,3)20-13(16)7-5-4-6-9-18-11-12-19-10-8-15-17/h15,17H,4-12H2,1-3H3. The number of ether oxygens (including phenoxy) is 3. The number of nitrogens with one attached hydrogen (secondary N) is 1. The topological polar surface area (TPSA) is 77.0 Å². The molecule has 0 spiro atoms. The summed E-state index contributed by atoms with van der Waals surface area (Å²) in [5.41, 5.74) is 1.62. The van der Waals surface area contributed by atoms with Crippen LogP contribution in [0.3, 0.4) is 0 Å². The molecule has 0 radical (unpaired) electrons. The molecule has 0 rings (SSSR count). The van der Waals surface area contributed by atoms with Crippen LogP contribution in [0.15, 0.2) is 0 Å². The Morgan fingerprint density at radius 1 is 1.00 bits per heavy atom. The van der Waals surface area contributed by atoms with E-state index in [9.17, 15) is 4.79 Å². The molecule has 0 saturated heterocycles. The first-order valence-electron chi connectivity index (χ1n) is 7.20. The van der Waals surface area contributed by atoms with Crippen LogP contribution in [-0.4, -0.2) is 49.7 Å². The van der Waals surface area contributed by atoms with Gasteiger partial charge in [0.1, 0.15) is 5.60 Å². The van der Waals surface area contributed by atoms with Gasteiger partial charge in [-0.1, -0.05) is 6.42 Å². The summed E-state index contributed by atoms with van der Waals surface area (Å²) in [6.07, 6.45) is 3.18. The SMILES string of the molecule is CC(C)(C)OC(=O)CCCCCOCCOCCNO. The molecular formula is C14H29NO5. The smallest absolute Gasteiger partial charge is 0.306 e. The van der Waals surface area contributed by atoms with Crippen LogP contribution < -0.4 is 5.48 Å². The molecule has 0 aliphatic heterocycles. The molecule has 0 unspecified atom stereocenters. The van der Waals surface area contributed by atoms with Crippen LogP contribution >= 0.6 is 0 Å². The zero-order chi connectivity index (χ0) is 15.3. The highest BCUT2D eigenvalue weighted by Crippen LogP contribution is 2.10. The molecular weight excluding hydrogens is 262 g/mol. The summed E-state index contributed by atoms with van der Waals surface area (Å²) in [5, 5.41) is 8.30. The van der Waals surface area contributed by atoms with Crippen molar-refractivity contribution in [1.29, 1.82) is 0 Å². The zero-order valence-corrected chi connectivity index (χ0v) is 12.9. The molecule has 0 aromatic carbocycles. The summed E-state index contributed by atoms with van der Waals surface area (Å²) in [7, 11) is 0. The Morgan fingerprint density at radius 3 is 2.25 bits per heavy atom. The van der Waals surface area contributed by atoms with Crippen LogP contribution in [0.4, 0.5) is 0 Å². The summed E-state index contributed by atoms with van der Waals surface area (Å²) in [6, 6.07) is 0. The van der Waals surface area contributed by atoms with E-state index >= 15 is 0 Å². The molecule has 0 atom stereocenters. The van der Waals surface area contributed by atoms with Gasteiger partial charge in [-0.15, -0.1) is 0 Å². The molecule has 20 heavy (non-hydrogen) atoms. The van der Waals surface area contributed by atoms with E-state index in [0.29, 0.717) is 39.4 Å². The fourth-order valence-corrected chi connectivity index (χ4v) is 1.48. The predicted molar refractivity (Wildman–Crippen MR) is 75.7 cm³/mol. The van der Waals surface area contributed by atoms with Crippen LogP contribution in [0.25, 0.3) is 0 Å². The highest BCUT2D eigenvalue weighted by Gasteiger charge is 2.15. The first-order valence-corrected chi connectivity index (χ1v) is 7.20. The molecule has 2 N–H and O–H groups in total. The summed E-state index contributed by atoms with van der Waals surface area (Å²) in [5.74, 6) is -0.135. The lowest BCUT2D eigenvalue weighted by atomic mass is 10.1. The second-order valence-corrected chi connectivity index (χ2v) is 5.53. The third-order valence-corrected chi connectivity index (χ3v) is 2.32. The van der Waals surface area contributed by atoms with Crippen molar-refractivity contribution in [1.82, 2.24) is 5.48 Å². The van der Waals surface area contributed by atoms with E-state index in [1.54, 1.807) is 0 Å². The molecule has 0 aromatic rings. The Balaban J connectivity index is 3.19. The Morgan fingerprint density at radius 2 is 1.65 bits per heavy atom. The number of carbonyl (C=O) groups excluding carboxylic acids is 1. The quantitative estimate of drug-likeness (QED) is 0.325. The molecule has 0 heterocycles. The summed E-state index contributed by atoms with van der Waals surface area (Å²) in [6.45, 7) is 8.26. The number of hydrogen-bond donors (Lipinski definition) is 2. The second kappa shape index (κ2) is 12.1. The first-order chi connectivity index (χ1) is 9.45. The van der Waals surface area contributed by atoms with E-state index in [0.717, 1.165) is 19.3 Å². The Kier molecular flexibility index (Phi) is 11.7. The number of esters is 1. The van der Waals surface area contributed by atoms with E-state index in [1.807, 2.05) is 26.3 Å². The van der Waals surface area contributed by atoms with Crippen LogP contribution in [-0.2, 0) is 19.0 Å². The predicted octanol–water partition coefficient (Wildman–Crippen LogP) is 1.90. The lowest BCUT2D eigenvalue weighted by molar-refractivity contribution is -0.154. The molecule has 120 valence electrons. The number of rotatable bonds is 12. The normalized spacial score (nSPS) is 11.6. The van der Waals surface area contributed by atoms with Crippen molar-refractivity contribution in [2.75, 3.05) is 33.0 Å². The molecule has 0 saturated carbocycles. The van der Waals surface area contributed by atoms with E-state index in [1.165, 1.54) is 0 Å². The third-order valence-electron chi connectivity index (χ3n) is 2.32. The largest absolute Gasteiger partial charge is 0.460 e. The van der Waals surface area contributed by atoms with Gasteiger partial charge in [-0.3, -0.25) is 4.79 Å². The fourth-order valence-electron chi connectivity index (χ4n) is 1.48. The number of hydrogen-bond acceptors (Lipinski definition) is 6. The van der Waals surface area contributed by atoms with E-state index in [2.05, 4.69) is 0 Å². The number of hydroxylamine groups is 1. The van der Waals surface area contributed by atoms with E-state index in [-0.39, 0.29) is 5.97 Å². The van der Waals surface area contributed by atoms with Gasteiger partial charge >= 0.3 is 5.97 Å². The average molecular weight is 291 g/mol. The van der Waals surface area contributed by atoms with Crippen LogP contribution in [0.1, 0.15) is 46.5 Å². The van der Waals surface area contributed by atoms with Gasteiger partial charge in [-0.25, -0.2) is 5.48 Å². The third kappa shape index (κ3) is 15.4. The summed E-state index contributed by atoms with van der Waals surface area (Å²) in [4.78, 5) is 11.4. The van der Waals surface area contributed by atoms with Gasteiger partial charge in [0.25, 0.3) is 0 Å². The molecule has 0 aliphatic rings. The van der Waals surface area contributed by atoms with E-state index < -0.39 is 5.60 Å². The van der Waals surface area contributed by atoms with Crippen LogP contribution in [0.2, 0.25) is 0 Å². The minimum absolute atomic E-state index is 0.135. The van der Waals surface area contributed by atoms with Crippen molar-refractivity contribution in [2.45, 2.75) is 52.1 Å². The molecule has 0 bridgehead atoms. The monoisotopic (exact) mass is 291 g/mol. The van der Waals surface area contributed by atoms with Gasteiger partial charge in [0.05, 0.1) is 19.8 Å². The zero-order valence-electron chi connectivity index (χ0n) is 12.9. The fraction of sp³-hybridized carbons (Fsp3) is 0.929. The first kappa shape index (κ1) is 19.3. The number of unbranched alkanes of at least 4 members (excludes halogenated alkanes) is 2. The lowest BCUT2D eigenvalue weighted by Crippen LogP contribution is -2.23. The average Bonchev–Trinajstić information content (AvgIpc) is 2.34. The van der Waals surface area contributed by atoms with Crippen LogP contribution in [0.5, 0.6) is 0 Å². The summed E-state index contributed by atoms with van der Waals surface area (Å²) < 4.78 is 15.8. The second-order valence-electron chi connectivity index (χ2n) is 5.53. The van der Waals surface area contributed by atoms with Gasteiger partial charge in [0.2, 0.25) is 0 Å². The molecule has 6 nitrogen and oxygen atoms in total. The Bertz CT molecular complexity index is 240. The Labute approximate surface area is 121 Å². The maximum atomic E-state index is 11.4. The van der Waals surface area contributed by atoms with Crippen molar-refractivity contribution in [3.05, 3.63) is 0 Å². The van der Waals surface area contributed by atoms with E-state index in [4.69, 9.17) is 19.4 Å². The molecule has 0 aromatic heterocycles. The number of carbonyl (C=O) groups is 1. The molecule has 0 fully saturated rings. The van der Waals surface area contributed by atoms with Gasteiger partial charge in [0.15, 0.2) is 0 Å². The minimum atomic E-state index is -0.397. The van der Waals surface area contributed by atoms with Gasteiger partial charge in [-0.05, 0) is 33.6 Å². The van der Waals surface area contributed by atoms with Crippen molar-refractivity contribution < 1.29 is 24.2 Å². The van der Waals surface area contributed by atoms with Gasteiger partial charge in [0, 0.05) is 19.6 Å². The highest BCUT2D eigenvalue weighted by molar-refractivity contribution is 5.69. The van der Waals surface area contributed by atoms with Crippen molar-refractivity contribution in [3.63, 3.8) is 0 Å². The summed E-state index contributed by atoms with van der Waals surface area (Å²) >= 11 is 0. The molecule has 0 amide bonds. The van der Waals surface area contributed by atoms with Crippen LogP contribution in [0, 0.1) is 0 Å². The van der Waals surface area contributed by atoms with Gasteiger partial charge in [-0.2, -0.15) is 0 Å². The highest BCUT2D eigenvalue weighted by atomic mass is 16.6. The van der Waals surface area contributed by atoms with Crippen molar-refractivity contribution in [2.24, 2.45) is 0 Å². The maximum absolute atomic E-state index is 11.4.